The summed E-state index contributed by atoms with van der Waals surface area (Å²) in [6.45, 7) is 3.95. The molecule has 0 amide bonds. The molecule has 0 saturated heterocycles. The summed E-state index contributed by atoms with van der Waals surface area (Å²) in [5.74, 6) is -0.328. The van der Waals surface area contributed by atoms with Crippen LogP contribution in [0.15, 0.2) is 0 Å². The number of unbranched alkanes of at least 4 members (excludes halogenated alkanes) is 8. The van der Waals surface area contributed by atoms with Gasteiger partial charge in [0.05, 0.1) is 0 Å². The van der Waals surface area contributed by atoms with Gasteiger partial charge in [-0.05, 0) is 6.42 Å². The van der Waals surface area contributed by atoms with E-state index < -0.39 is 0 Å². The molecule has 0 aliphatic rings. The Labute approximate surface area is 122 Å². The van der Waals surface area contributed by atoms with E-state index in [2.05, 4.69) is 6.92 Å². The molecule has 0 atom stereocenters. The molecule has 0 aromatic rings. The normalized spacial score (nSPS) is 10.4. The molecule has 0 radical (unpaired) electrons. The van der Waals surface area contributed by atoms with Crippen LogP contribution in [0, 0.1) is 0 Å². The van der Waals surface area contributed by atoms with Gasteiger partial charge in [0, 0.05) is 12.8 Å². The van der Waals surface area contributed by atoms with Gasteiger partial charge in [-0.1, -0.05) is 65.2 Å². The second kappa shape index (κ2) is 13.9. The molecule has 0 unspecified atom stereocenters. The Kier molecular flexibility index (Phi) is 13.5. The number of rotatable bonds is 11. The topological polar surface area (TPSA) is 43.4 Å². The Morgan fingerprint density at radius 3 is 1.89 bits per heavy atom. The Balaban J connectivity index is 3.21. The number of carbonyl (C=O) groups is 2. The van der Waals surface area contributed by atoms with Gasteiger partial charge in [0.2, 0.25) is 5.12 Å². The average molecular weight is 288 g/mol. The quantitative estimate of drug-likeness (QED) is 0.395. The molecule has 0 heterocycles. The molecule has 0 aliphatic heterocycles. The van der Waals surface area contributed by atoms with Crippen molar-refractivity contribution in [2.45, 2.75) is 84.5 Å². The fraction of sp³-hybridized carbons (Fsp3) is 0.867. The molecule has 0 saturated carbocycles. The molecule has 3 nitrogen and oxygen atoms in total. The highest BCUT2D eigenvalue weighted by Gasteiger charge is 2.07. The lowest BCUT2D eigenvalue weighted by Crippen LogP contribution is -2.00. The first kappa shape index (κ1) is 18.5. The average Bonchev–Trinajstić information content (AvgIpc) is 2.42. The molecule has 112 valence electrons. The van der Waals surface area contributed by atoms with E-state index in [1.165, 1.54) is 44.9 Å². The summed E-state index contributed by atoms with van der Waals surface area (Å²) in [6, 6.07) is 0. The number of carbonyl (C=O) groups excluding carboxylic acids is 2. The lowest BCUT2D eigenvalue weighted by molar-refractivity contribution is -0.133. The molecule has 0 bridgehead atoms. The van der Waals surface area contributed by atoms with Gasteiger partial charge in [-0.2, -0.15) is 0 Å². The summed E-state index contributed by atoms with van der Waals surface area (Å²) in [7, 11) is 0. The van der Waals surface area contributed by atoms with Crippen LogP contribution in [0.2, 0.25) is 0 Å². The highest BCUT2D eigenvalue weighted by Crippen LogP contribution is 2.14. The van der Waals surface area contributed by atoms with Gasteiger partial charge >= 0.3 is 5.97 Å². The molecule has 0 N–H and O–H groups in total. The fourth-order valence-electron chi connectivity index (χ4n) is 1.77. The molecule has 0 aromatic carbocycles. The van der Waals surface area contributed by atoms with Crippen LogP contribution in [0.3, 0.4) is 0 Å². The SMILES string of the molecule is CCCCCCCCCCCC(=O)SOC(=O)CC. The lowest BCUT2D eigenvalue weighted by Gasteiger charge is -2.02. The molecule has 0 aromatic heterocycles. The molecular formula is C15H28O3S. The van der Waals surface area contributed by atoms with E-state index in [-0.39, 0.29) is 11.1 Å². The van der Waals surface area contributed by atoms with Gasteiger partial charge in [0.25, 0.3) is 0 Å². The number of hydrogen-bond acceptors (Lipinski definition) is 4. The van der Waals surface area contributed by atoms with Crippen LogP contribution < -0.4 is 0 Å². The van der Waals surface area contributed by atoms with Gasteiger partial charge in [-0.25, -0.2) is 0 Å². The first-order valence-electron chi connectivity index (χ1n) is 7.60. The Hall–Kier alpha value is -0.510. The van der Waals surface area contributed by atoms with Crippen molar-refractivity contribution in [3.05, 3.63) is 0 Å². The van der Waals surface area contributed by atoms with Crippen LogP contribution in [0.4, 0.5) is 0 Å². The van der Waals surface area contributed by atoms with E-state index in [0.717, 1.165) is 12.8 Å². The summed E-state index contributed by atoms with van der Waals surface area (Å²) in [5.41, 5.74) is 0. The van der Waals surface area contributed by atoms with Crippen molar-refractivity contribution in [3.8, 4) is 0 Å². The highest BCUT2D eigenvalue weighted by atomic mass is 32.2. The smallest absolute Gasteiger partial charge is 0.317 e. The molecular weight excluding hydrogens is 260 g/mol. The van der Waals surface area contributed by atoms with Crippen molar-refractivity contribution < 1.29 is 13.8 Å². The monoisotopic (exact) mass is 288 g/mol. The van der Waals surface area contributed by atoms with Crippen LogP contribution in [0.25, 0.3) is 0 Å². The van der Waals surface area contributed by atoms with Crippen LogP contribution in [0.5, 0.6) is 0 Å². The summed E-state index contributed by atoms with van der Waals surface area (Å²) < 4.78 is 4.71. The van der Waals surface area contributed by atoms with E-state index >= 15 is 0 Å². The largest absolute Gasteiger partial charge is 0.383 e. The second-order valence-corrected chi connectivity index (χ2v) is 5.63. The maximum Gasteiger partial charge on any atom is 0.317 e. The van der Waals surface area contributed by atoms with Crippen molar-refractivity contribution in [2.75, 3.05) is 0 Å². The zero-order valence-electron chi connectivity index (χ0n) is 12.4. The van der Waals surface area contributed by atoms with E-state index in [1.807, 2.05) is 0 Å². The van der Waals surface area contributed by atoms with Crippen molar-refractivity contribution in [3.63, 3.8) is 0 Å². The summed E-state index contributed by atoms with van der Waals surface area (Å²) in [6.07, 6.45) is 12.0. The van der Waals surface area contributed by atoms with Gasteiger partial charge < -0.3 is 4.18 Å². The minimum atomic E-state index is -0.328. The highest BCUT2D eigenvalue weighted by molar-refractivity contribution is 8.09. The maximum atomic E-state index is 11.4. The number of hydrogen-bond donors (Lipinski definition) is 0. The third-order valence-electron chi connectivity index (χ3n) is 3.00. The van der Waals surface area contributed by atoms with Gasteiger partial charge in [0.1, 0.15) is 12.0 Å². The molecule has 0 spiro atoms. The predicted octanol–water partition coefficient (Wildman–Crippen LogP) is 5.04. The second-order valence-electron chi connectivity index (χ2n) is 4.84. The summed E-state index contributed by atoms with van der Waals surface area (Å²) >= 11 is 0.698. The minimum absolute atomic E-state index is 0.0373. The fourth-order valence-corrected chi connectivity index (χ4v) is 2.30. The van der Waals surface area contributed by atoms with Crippen LogP contribution >= 0.6 is 12.0 Å². The standard InChI is InChI=1S/C15H28O3S/c1-3-5-6-7-8-9-10-11-12-13-15(17)19-18-14(16)4-2/h3-13H2,1-2H3. The molecule has 0 rings (SSSR count). The van der Waals surface area contributed by atoms with Gasteiger partial charge in [0.15, 0.2) is 0 Å². The van der Waals surface area contributed by atoms with E-state index in [0.29, 0.717) is 24.9 Å². The first-order valence-corrected chi connectivity index (χ1v) is 8.35. The van der Waals surface area contributed by atoms with E-state index in [4.69, 9.17) is 4.18 Å². The van der Waals surface area contributed by atoms with Crippen LogP contribution in [-0.2, 0) is 13.8 Å². The summed E-state index contributed by atoms with van der Waals surface area (Å²) in [5, 5.41) is -0.0373. The molecule has 19 heavy (non-hydrogen) atoms. The Bertz CT molecular complexity index is 242. The van der Waals surface area contributed by atoms with E-state index in [1.54, 1.807) is 6.92 Å². The Morgan fingerprint density at radius 1 is 0.842 bits per heavy atom. The molecule has 0 aliphatic carbocycles. The van der Waals surface area contributed by atoms with E-state index in [9.17, 15) is 9.59 Å². The minimum Gasteiger partial charge on any atom is -0.383 e. The van der Waals surface area contributed by atoms with Crippen LogP contribution in [0.1, 0.15) is 84.5 Å². The molecule has 0 fully saturated rings. The molecule has 4 heteroatoms. The third kappa shape index (κ3) is 13.7. The maximum absolute atomic E-state index is 11.4. The Morgan fingerprint density at radius 2 is 1.37 bits per heavy atom. The van der Waals surface area contributed by atoms with Crippen molar-refractivity contribution >= 4 is 23.1 Å². The zero-order valence-corrected chi connectivity index (χ0v) is 13.2. The van der Waals surface area contributed by atoms with Crippen molar-refractivity contribution in [1.29, 1.82) is 0 Å². The summed E-state index contributed by atoms with van der Waals surface area (Å²) in [4.78, 5) is 22.2. The van der Waals surface area contributed by atoms with Crippen molar-refractivity contribution in [1.82, 2.24) is 0 Å². The third-order valence-corrected chi connectivity index (χ3v) is 3.66. The predicted molar refractivity (Wildman–Crippen MR) is 80.8 cm³/mol. The zero-order chi connectivity index (χ0) is 14.3. The lowest BCUT2D eigenvalue weighted by atomic mass is 10.1. The van der Waals surface area contributed by atoms with Crippen LogP contribution in [-0.4, -0.2) is 11.1 Å². The van der Waals surface area contributed by atoms with Gasteiger partial charge in [-0.3, -0.25) is 9.59 Å². The van der Waals surface area contributed by atoms with Crippen molar-refractivity contribution in [2.24, 2.45) is 0 Å². The van der Waals surface area contributed by atoms with Gasteiger partial charge in [-0.15, -0.1) is 0 Å². The first-order chi connectivity index (χ1) is 9.20.